The molecule has 0 aromatic carbocycles. The minimum atomic E-state index is -4.57. The monoisotopic (exact) mass is 206 g/mol. The molecule has 76 valence electrons. The molecule has 0 amide bonds. The molecule has 0 atom stereocenters. The molecule has 14 heavy (non-hydrogen) atoms. The molecular formula is C7H5F3N2O2. The highest BCUT2D eigenvalue weighted by molar-refractivity contribution is 5.51. The highest BCUT2D eigenvalue weighted by Crippen LogP contribution is 2.25. The average Bonchev–Trinajstić information content (AvgIpc) is 2.14. The first kappa shape index (κ1) is 10.4. The third kappa shape index (κ3) is 2.68. The van der Waals surface area contributed by atoms with E-state index in [2.05, 4.69) is 14.7 Å². The fraction of sp³-hybridized carbons (Fsp3) is 0.286. The van der Waals surface area contributed by atoms with Crippen LogP contribution in [0.15, 0.2) is 12.4 Å². The molecule has 7 heteroatoms. The molecule has 0 radical (unpaired) electrons. The van der Waals surface area contributed by atoms with Crippen molar-refractivity contribution in [1.82, 2.24) is 9.97 Å². The molecule has 1 aromatic rings. The second-order valence-electron chi connectivity index (χ2n) is 2.22. The van der Waals surface area contributed by atoms with E-state index >= 15 is 0 Å². The van der Waals surface area contributed by atoms with Gasteiger partial charge in [-0.1, -0.05) is 0 Å². The van der Waals surface area contributed by atoms with Crippen molar-refractivity contribution in [2.24, 2.45) is 0 Å². The molecule has 1 rings (SSSR count). The number of aldehydes is 1. The van der Waals surface area contributed by atoms with Gasteiger partial charge in [-0.05, 0) is 0 Å². The molecule has 0 aliphatic rings. The largest absolute Gasteiger partial charge is 0.483 e. The Labute approximate surface area is 76.7 Å². The molecular weight excluding hydrogens is 201 g/mol. The maximum atomic E-state index is 11.9. The number of aromatic nitrogens is 2. The van der Waals surface area contributed by atoms with Crippen molar-refractivity contribution in [3.8, 4) is 5.75 Å². The molecule has 1 heterocycles. The Morgan fingerprint density at radius 2 is 1.93 bits per heavy atom. The Bertz CT molecular complexity index is 310. The van der Waals surface area contributed by atoms with Crippen LogP contribution >= 0.6 is 0 Å². The molecule has 0 fully saturated rings. The minimum absolute atomic E-state index is 0.0186. The maximum absolute atomic E-state index is 11.9. The summed E-state index contributed by atoms with van der Waals surface area (Å²) >= 11 is 0. The first-order valence-electron chi connectivity index (χ1n) is 3.49. The third-order valence-corrected chi connectivity index (χ3v) is 1.20. The van der Waals surface area contributed by atoms with Crippen LogP contribution in [0.5, 0.6) is 5.75 Å². The molecule has 0 bridgehead atoms. The number of alkyl halides is 3. The number of carbonyl (C=O) groups excluding carboxylic acids is 1. The second kappa shape index (κ2) is 4.03. The molecule has 0 spiro atoms. The van der Waals surface area contributed by atoms with Gasteiger partial charge >= 0.3 is 6.18 Å². The molecule has 0 aliphatic heterocycles. The normalized spacial score (nSPS) is 11.1. The van der Waals surface area contributed by atoms with Crippen molar-refractivity contribution < 1.29 is 22.7 Å². The van der Waals surface area contributed by atoms with Crippen LogP contribution in [0, 0.1) is 0 Å². The molecule has 0 saturated carbocycles. The van der Waals surface area contributed by atoms with E-state index in [0.29, 0.717) is 6.29 Å². The van der Waals surface area contributed by atoms with E-state index in [0.717, 1.165) is 12.4 Å². The Balaban J connectivity index is 2.73. The van der Waals surface area contributed by atoms with Gasteiger partial charge in [0.1, 0.15) is 6.61 Å². The van der Waals surface area contributed by atoms with Crippen molar-refractivity contribution in [3.05, 3.63) is 18.2 Å². The van der Waals surface area contributed by atoms with Gasteiger partial charge in [0.05, 0.1) is 12.4 Å². The number of halogens is 3. The lowest BCUT2D eigenvalue weighted by atomic mass is 10.5. The number of ether oxygens (including phenoxy) is 1. The van der Waals surface area contributed by atoms with Crippen LogP contribution in [-0.4, -0.2) is 22.9 Å². The number of hydrogen-bond donors (Lipinski definition) is 0. The minimum Gasteiger partial charge on any atom is -0.483 e. The van der Waals surface area contributed by atoms with Crippen molar-refractivity contribution in [3.63, 3.8) is 0 Å². The van der Waals surface area contributed by atoms with Gasteiger partial charge in [-0.15, -0.1) is 0 Å². The summed E-state index contributed by atoms with van der Waals surface area (Å²) in [6, 6.07) is 0. The summed E-state index contributed by atoms with van der Waals surface area (Å²) in [5.74, 6) is -1.22. The predicted molar refractivity (Wildman–Crippen MR) is 38.6 cm³/mol. The molecule has 0 unspecified atom stereocenters. The van der Waals surface area contributed by atoms with E-state index < -0.39 is 12.0 Å². The zero-order valence-corrected chi connectivity index (χ0v) is 6.78. The SMILES string of the molecule is O=CCOc1cnc(C(F)(F)F)nc1. The van der Waals surface area contributed by atoms with Crippen LogP contribution in [0.2, 0.25) is 0 Å². The lowest BCUT2D eigenvalue weighted by molar-refractivity contribution is -0.145. The van der Waals surface area contributed by atoms with Crippen molar-refractivity contribution in [2.75, 3.05) is 6.61 Å². The van der Waals surface area contributed by atoms with E-state index in [-0.39, 0.29) is 12.4 Å². The topological polar surface area (TPSA) is 52.1 Å². The van der Waals surface area contributed by atoms with E-state index in [4.69, 9.17) is 0 Å². The van der Waals surface area contributed by atoms with Crippen molar-refractivity contribution in [2.45, 2.75) is 6.18 Å². The van der Waals surface area contributed by atoms with Crippen LogP contribution in [-0.2, 0) is 11.0 Å². The first-order valence-corrected chi connectivity index (χ1v) is 3.49. The van der Waals surface area contributed by atoms with E-state index in [1.54, 1.807) is 0 Å². The van der Waals surface area contributed by atoms with Crippen LogP contribution in [0.1, 0.15) is 5.82 Å². The van der Waals surface area contributed by atoms with Crippen molar-refractivity contribution >= 4 is 6.29 Å². The van der Waals surface area contributed by atoms with Crippen LogP contribution in [0.3, 0.4) is 0 Å². The molecule has 0 aliphatic carbocycles. The zero-order valence-electron chi connectivity index (χ0n) is 6.78. The summed E-state index contributed by atoms with van der Waals surface area (Å²) in [6.07, 6.45) is -2.38. The zero-order chi connectivity index (χ0) is 10.6. The highest BCUT2D eigenvalue weighted by atomic mass is 19.4. The Morgan fingerprint density at radius 1 is 1.36 bits per heavy atom. The van der Waals surface area contributed by atoms with Crippen molar-refractivity contribution in [1.29, 1.82) is 0 Å². The highest BCUT2D eigenvalue weighted by Gasteiger charge is 2.34. The van der Waals surface area contributed by atoms with Gasteiger partial charge in [0.2, 0.25) is 5.82 Å². The Hall–Kier alpha value is -1.66. The standard InChI is InChI=1S/C7H5F3N2O2/c8-7(9,10)6-11-3-5(4-12-6)14-2-1-13/h1,3-4H,2H2. The number of rotatable bonds is 3. The lowest BCUT2D eigenvalue weighted by Crippen LogP contribution is -2.10. The summed E-state index contributed by atoms with van der Waals surface area (Å²) in [7, 11) is 0. The number of hydrogen-bond acceptors (Lipinski definition) is 4. The Kier molecular flexibility index (Phi) is 3.00. The van der Waals surface area contributed by atoms with Crippen LogP contribution in [0.25, 0.3) is 0 Å². The summed E-state index contributed by atoms with van der Waals surface area (Å²) in [6.45, 7) is -0.241. The molecule has 1 aromatic heterocycles. The van der Waals surface area contributed by atoms with E-state index in [1.165, 1.54) is 0 Å². The van der Waals surface area contributed by atoms with Crippen LogP contribution in [0.4, 0.5) is 13.2 Å². The van der Waals surface area contributed by atoms with Gasteiger partial charge in [0, 0.05) is 0 Å². The molecule has 4 nitrogen and oxygen atoms in total. The fourth-order valence-electron chi connectivity index (χ4n) is 0.667. The van der Waals surface area contributed by atoms with Gasteiger partial charge in [-0.2, -0.15) is 13.2 Å². The second-order valence-corrected chi connectivity index (χ2v) is 2.22. The maximum Gasteiger partial charge on any atom is 0.451 e. The summed E-state index contributed by atoms with van der Waals surface area (Å²) < 4.78 is 40.5. The third-order valence-electron chi connectivity index (χ3n) is 1.20. The van der Waals surface area contributed by atoms with Gasteiger partial charge < -0.3 is 4.74 Å². The lowest BCUT2D eigenvalue weighted by Gasteiger charge is -2.05. The van der Waals surface area contributed by atoms with Gasteiger partial charge in [-0.25, -0.2) is 9.97 Å². The van der Waals surface area contributed by atoms with Gasteiger partial charge in [0.25, 0.3) is 0 Å². The summed E-state index contributed by atoms with van der Waals surface area (Å²) in [5, 5.41) is 0. The molecule has 0 saturated heterocycles. The van der Waals surface area contributed by atoms with Gasteiger partial charge in [0.15, 0.2) is 12.0 Å². The summed E-state index contributed by atoms with van der Waals surface area (Å²) in [4.78, 5) is 15.9. The quantitative estimate of drug-likeness (QED) is 0.694. The van der Waals surface area contributed by atoms with E-state index in [9.17, 15) is 18.0 Å². The average molecular weight is 206 g/mol. The summed E-state index contributed by atoms with van der Waals surface area (Å²) in [5.41, 5.74) is 0. The Morgan fingerprint density at radius 3 is 2.36 bits per heavy atom. The molecule has 0 N–H and O–H groups in total. The van der Waals surface area contributed by atoms with E-state index in [1.807, 2.05) is 0 Å². The fourth-order valence-corrected chi connectivity index (χ4v) is 0.667. The number of carbonyl (C=O) groups is 1. The van der Waals surface area contributed by atoms with Gasteiger partial charge in [-0.3, -0.25) is 4.79 Å². The smallest absolute Gasteiger partial charge is 0.451 e. The first-order chi connectivity index (χ1) is 6.54. The van der Waals surface area contributed by atoms with Crippen LogP contribution < -0.4 is 4.74 Å². The predicted octanol–water partition coefficient (Wildman–Crippen LogP) is 1.07. The number of nitrogens with zero attached hydrogens (tertiary/aromatic N) is 2.